The summed E-state index contributed by atoms with van der Waals surface area (Å²) in [6.07, 6.45) is 9.33. The van der Waals surface area contributed by atoms with Crippen LogP contribution in [0.3, 0.4) is 0 Å². The first-order valence-electron chi connectivity index (χ1n) is 7.92. The van der Waals surface area contributed by atoms with Crippen LogP contribution in [0.25, 0.3) is 11.0 Å². The van der Waals surface area contributed by atoms with Crippen LogP contribution in [0.4, 0.5) is 5.82 Å². The maximum absolute atomic E-state index is 5.52. The normalized spacial score (nSPS) is 17.4. The van der Waals surface area contributed by atoms with Crippen molar-refractivity contribution in [3.63, 3.8) is 0 Å². The molecule has 4 rings (SSSR count). The van der Waals surface area contributed by atoms with E-state index < -0.39 is 0 Å². The lowest BCUT2D eigenvalue weighted by Gasteiger charge is -2.31. The molecule has 1 aliphatic rings. The number of nitrogens with zero attached hydrogens (tertiary/aromatic N) is 4. The fourth-order valence-electron chi connectivity index (χ4n) is 3.25. The molecule has 7 heteroatoms. The third-order valence-corrected chi connectivity index (χ3v) is 4.52. The van der Waals surface area contributed by atoms with Crippen LogP contribution in [0.2, 0.25) is 0 Å². The van der Waals surface area contributed by atoms with Gasteiger partial charge in [0.15, 0.2) is 0 Å². The fraction of sp³-hybridized carbons (Fsp3) is 0.438. The van der Waals surface area contributed by atoms with Crippen LogP contribution in [0.5, 0.6) is 0 Å². The molecule has 3 aromatic heterocycles. The second-order valence-corrected chi connectivity index (χ2v) is 5.93. The average molecular weight is 312 g/mol. The van der Waals surface area contributed by atoms with Crippen LogP contribution >= 0.6 is 0 Å². The molecule has 0 radical (unpaired) electrons. The predicted molar refractivity (Wildman–Crippen MR) is 87.0 cm³/mol. The SMILES string of the molecule is Cn1ccnc1C(Nc1ncnc2[nH]ccc12)C1CCOCC1. The molecule has 0 bridgehead atoms. The number of ether oxygens (including phenoxy) is 1. The molecular formula is C16H20N6O. The monoisotopic (exact) mass is 312 g/mol. The molecule has 0 aromatic carbocycles. The Labute approximate surface area is 134 Å². The molecule has 1 fully saturated rings. The summed E-state index contributed by atoms with van der Waals surface area (Å²) in [6, 6.07) is 2.10. The third kappa shape index (κ3) is 2.68. The molecule has 1 saturated heterocycles. The van der Waals surface area contributed by atoms with Gasteiger partial charge < -0.3 is 19.6 Å². The van der Waals surface area contributed by atoms with Gasteiger partial charge in [-0.15, -0.1) is 0 Å². The van der Waals surface area contributed by atoms with Gasteiger partial charge in [0.05, 0.1) is 11.4 Å². The Morgan fingerprint density at radius 1 is 1.30 bits per heavy atom. The lowest BCUT2D eigenvalue weighted by molar-refractivity contribution is 0.0594. The van der Waals surface area contributed by atoms with Crippen LogP contribution in [-0.2, 0) is 11.8 Å². The van der Waals surface area contributed by atoms with Crippen molar-refractivity contribution in [3.05, 3.63) is 36.8 Å². The summed E-state index contributed by atoms with van der Waals surface area (Å²) in [7, 11) is 2.03. The molecule has 0 saturated carbocycles. The quantitative estimate of drug-likeness (QED) is 0.772. The van der Waals surface area contributed by atoms with Gasteiger partial charge in [-0.2, -0.15) is 0 Å². The molecule has 1 aliphatic heterocycles. The van der Waals surface area contributed by atoms with Gasteiger partial charge in [-0.1, -0.05) is 0 Å². The number of rotatable bonds is 4. The second kappa shape index (κ2) is 6.00. The van der Waals surface area contributed by atoms with Gasteiger partial charge in [0, 0.05) is 38.9 Å². The van der Waals surface area contributed by atoms with E-state index >= 15 is 0 Å². The smallest absolute Gasteiger partial charge is 0.142 e. The summed E-state index contributed by atoms with van der Waals surface area (Å²) >= 11 is 0. The Morgan fingerprint density at radius 3 is 2.96 bits per heavy atom. The highest BCUT2D eigenvalue weighted by Gasteiger charge is 2.29. The van der Waals surface area contributed by atoms with Crippen molar-refractivity contribution in [1.29, 1.82) is 0 Å². The maximum atomic E-state index is 5.52. The molecule has 0 spiro atoms. The van der Waals surface area contributed by atoms with Crippen LogP contribution in [0.15, 0.2) is 31.0 Å². The highest BCUT2D eigenvalue weighted by molar-refractivity contribution is 5.86. The standard InChI is InChI=1S/C16H20N6O/c1-22-7-6-18-16(22)13(11-3-8-23-9-4-11)21-15-12-2-5-17-14(12)19-10-20-15/h2,5-7,10-11,13H,3-4,8-9H2,1H3,(H2,17,19,20,21). The third-order valence-electron chi connectivity index (χ3n) is 4.52. The summed E-state index contributed by atoms with van der Waals surface area (Å²) in [4.78, 5) is 16.4. The summed E-state index contributed by atoms with van der Waals surface area (Å²) in [5.41, 5.74) is 0.841. The molecule has 0 amide bonds. The minimum atomic E-state index is 0.104. The largest absolute Gasteiger partial charge is 0.381 e. The number of H-pyrrole nitrogens is 1. The second-order valence-electron chi connectivity index (χ2n) is 5.93. The molecule has 3 aromatic rings. The van der Waals surface area contributed by atoms with Crippen molar-refractivity contribution >= 4 is 16.9 Å². The van der Waals surface area contributed by atoms with Gasteiger partial charge in [0.25, 0.3) is 0 Å². The van der Waals surface area contributed by atoms with Crippen LogP contribution in [0, 0.1) is 5.92 Å². The van der Waals surface area contributed by atoms with Crippen molar-refractivity contribution in [2.24, 2.45) is 13.0 Å². The van der Waals surface area contributed by atoms with Crippen LogP contribution < -0.4 is 5.32 Å². The molecule has 0 aliphatic carbocycles. The van der Waals surface area contributed by atoms with E-state index in [1.807, 2.05) is 31.7 Å². The number of anilines is 1. The molecule has 1 atom stereocenters. The van der Waals surface area contributed by atoms with Gasteiger partial charge in [-0.05, 0) is 24.8 Å². The number of aromatic amines is 1. The first kappa shape index (κ1) is 14.2. The van der Waals surface area contributed by atoms with Crippen molar-refractivity contribution in [3.8, 4) is 0 Å². The maximum Gasteiger partial charge on any atom is 0.142 e. The van der Waals surface area contributed by atoms with Crippen molar-refractivity contribution in [2.45, 2.75) is 18.9 Å². The number of fused-ring (bicyclic) bond motifs is 1. The summed E-state index contributed by atoms with van der Waals surface area (Å²) in [5.74, 6) is 2.34. The lowest BCUT2D eigenvalue weighted by atomic mass is 9.91. The first-order valence-corrected chi connectivity index (χ1v) is 7.92. The van der Waals surface area contributed by atoms with Gasteiger partial charge in [-0.3, -0.25) is 0 Å². The van der Waals surface area contributed by atoms with Crippen LogP contribution in [0.1, 0.15) is 24.7 Å². The Balaban J connectivity index is 1.70. The van der Waals surface area contributed by atoms with Crippen molar-refractivity contribution < 1.29 is 4.74 Å². The predicted octanol–water partition coefficient (Wildman–Crippen LogP) is 2.27. The zero-order chi connectivity index (χ0) is 15.6. The molecule has 23 heavy (non-hydrogen) atoms. The topological polar surface area (TPSA) is 80.7 Å². The zero-order valence-electron chi connectivity index (χ0n) is 13.1. The van der Waals surface area contributed by atoms with E-state index in [9.17, 15) is 0 Å². The number of hydrogen-bond acceptors (Lipinski definition) is 5. The Kier molecular flexibility index (Phi) is 3.70. The molecule has 1 unspecified atom stereocenters. The van der Waals surface area contributed by atoms with Gasteiger partial charge >= 0.3 is 0 Å². The molecular weight excluding hydrogens is 292 g/mol. The van der Waals surface area contributed by atoms with E-state index in [0.717, 1.165) is 48.7 Å². The van der Waals surface area contributed by atoms with E-state index in [-0.39, 0.29) is 6.04 Å². The van der Waals surface area contributed by atoms with Crippen LogP contribution in [-0.4, -0.2) is 37.7 Å². The zero-order valence-corrected chi connectivity index (χ0v) is 13.1. The van der Waals surface area contributed by atoms with Gasteiger partial charge in [0.2, 0.25) is 0 Å². The fourth-order valence-corrected chi connectivity index (χ4v) is 3.25. The number of nitrogens with one attached hydrogen (secondary N) is 2. The molecule has 120 valence electrons. The highest BCUT2D eigenvalue weighted by Crippen LogP contribution is 2.33. The van der Waals surface area contributed by atoms with E-state index in [1.165, 1.54) is 0 Å². The highest BCUT2D eigenvalue weighted by atomic mass is 16.5. The number of aryl methyl sites for hydroxylation is 1. The number of aromatic nitrogens is 5. The summed E-state index contributed by atoms with van der Waals surface area (Å²) < 4.78 is 7.59. The molecule has 2 N–H and O–H groups in total. The summed E-state index contributed by atoms with van der Waals surface area (Å²) in [6.45, 7) is 1.60. The number of hydrogen-bond donors (Lipinski definition) is 2. The minimum Gasteiger partial charge on any atom is -0.381 e. The minimum absolute atomic E-state index is 0.104. The van der Waals surface area contributed by atoms with E-state index in [2.05, 4.69) is 29.8 Å². The van der Waals surface area contributed by atoms with Gasteiger partial charge in [-0.25, -0.2) is 15.0 Å². The Morgan fingerprint density at radius 2 is 2.17 bits per heavy atom. The summed E-state index contributed by atoms with van der Waals surface area (Å²) in [5, 5.41) is 4.61. The first-order chi connectivity index (χ1) is 11.3. The Bertz CT molecular complexity index is 789. The van der Waals surface area contributed by atoms with E-state index in [0.29, 0.717) is 5.92 Å². The molecule has 4 heterocycles. The lowest BCUT2D eigenvalue weighted by Crippen LogP contribution is -2.29. The van der Waals surface area contributed by atoms with E-state index in [1.54, 1.807) is 6.33 Å². The van der Waals surface area contributed by atoms with Crippen molar-refractivity contribution in [1.82, 2.24) is 24.5 Å². The van der Waals surface area contributed by atoms with Crippen molar-refractivity contribution in [2.75, 3.05) is 18.5 Å². The molecule has 7 nitrogen and oxygen atoms in total. The van der Waals surface area contributed by atoms with Gasteiger partial charge in [0.1, 0.15) is 23.6 Å². The van der Waals surface area contributed by atoms with E-state index in [4.69, 9.17) is 4.74 Å². The Hall–Kier alpha value is -2.41. The number of imidazole rings is 1. The average Bonchev–Trinajstić information content (AvgIpc) is 3.22.